The Morgan fingerprint density at radius 1 is 1.13 bits per heavy atom. The van der Waals surface area contributed by atoms with Gasteiger partial charge in [0.15, 0.2) is 11.6 Å². The van der Waals surface area contributed by atoms with Crippen LogP contribution in [-0.2, 0) is 16.4 Å². The van der Waals surface area contributed by atoms with E-state index in [2.05, 4.69) is 30.5 Å². The summed E-state index contributed by atoms with van der Waals surface area (Å²) in [7, 11) is -0.836. The number of Topliss-reactive ketones (excluding diaryl/α,β-unsaturated/α-hetero) is 1. The highest BCUT2D eigenvalue weighted by Crippen LogP contribution is 2.37. The van der Waals surface area contributed by atoms with Crippen LogP contribution in [0.4, 0.5) is 5.69 Å². The summed E-state index contributed by atoms with van der Waals surface area (Å²) in [4.78, 5) is 30.6. The molecule has 1 aliphatic rings. The number of piperidine rings is 1. The summed E-state index contributed by atoms with van der Waals surface area (Å²) in [5.41, 5.74) is 3.05. The van der Waals surface area contributed by atoms with Gasteiger partial charge in [-0.2, -0.15) is 5.21 Å². The van der Waals surface area contributed by atoms with Gasteiger partial charge in [0, 0.05) is 55.3 Å². The lowest BCUT2D eigenvalue weighted by Crippen LogP contribution is -2.35. The molecule has 4 aromatic rings. The van der Waals surface area contributed by atoms with Crippen molar-refractivity contribution in [2.45, 2.75) is 43.5 Å². The van der Waals surface area contributed by atoms with Crippen LogP contribution in [-0.4, -0.2) is 64.8 Å². The fourth-order valence-electron chi connectivity index (χ4n) is 5.02. The predicted molar refractivity (Wildman–Crippen MR) is 143 cm³/mol. The van der Waals surface area contributed by atoms with Gasteiger partial charge in [0.05, 0.1) is 10.9 Å². The number of pyridine rings is 1. The number of carbonyl (C=O) groups excluding carboxylic acids is 1. The van der Waals surface area contributed by atoms with E-state index in [1.54, 1.807) is 24.3 Å². The van der Waals surface area contributed by atoms with Crippen molar-refractivity contribution in [1.82, 2.24) is 29.9 Å². The topological polar surface area (TPSA) is 145 Å². The Hall–Kier alpha value is -3.90. The Morgan fingerprint density at radius 3 is 2.68 bits per heavy atom. The molecule has 1 atom stereocenters. The van der Waals surface area contributed by atoms with Gasteiger partial charge in [0.2, 0.25) is 15.6 Å². The Morgan fingerprint density at radius 2 is 1.95 bits per heavy atom. The summed E-state index contributed by atoms with van der Waals surface area (Å²) in [5.74, 6) is 0.321. The van der Waals surface area contributed by atoms with E-state index in [4.69, 9.17) is 0 Å². The van der Waals surface area contributed by atoms with E-state index in [0.717, 1.165) is 40.1 Å². The van der Waals surface area contributed by atoms with Crippen molar-refractivity contribution >= 4 is 32.4 Å². The molecule has 5 rings (SSSR count). The van der Waals surface area contributed by atoms with Crippen molar-refractivity contribution in [3.8, 4) is 0 Å². The maximum absolute atomic E-state index is 13.9. The first kappa shape index (κ1) is 25.7. The average molecular weight is 536 g/mol. The molecule has 2 aromatic heterocycles. The van der Waals surface area contributed by atoms with Crippen molar-refractivity contribution in [2.75, 3.05) is 25.5 Å². The summed E-state index contributed by atoms with van der Waals surface area (Å²) in [5, 5.41) is 15.4. The molecule has 1 saturated heterocycles. The van der Waals surface area contributed by atoms with Gasteiger partial charge >= 0.3 is 0 Å². The molecular formula is C26H29N7O4S. The minimum Gasteiger partial charge on any atom is -0.361 e. The standard InChI is InChI=1S/C26H29N7O4S/c1-16-12-25(35)27-21-9-7-17(13-19(16)21)14-24(34)20-15-18(38(36,37)32(2)3)8-10-22(20)33-11-5-4-6-23(33)26-28-30-31-29-26/h7-10,12-13,15,23H,4-6,11,14H2,1-3H3,(H,27,35)(H,28,29,30,31). The van der Waals surface area contributed by atoms with Crippen LogP contribution >= 0.6 is 0 Å². The third-order valence-corrected chi connectivity index (χ3v) is 8.81. The Bertz CT molecular complexity index is 1660. The number of H-pyrrole nitrogens is 2. The van der Waals surface area contributed by atoms with Crippen LogP contribution in [0.25, 0.3) is 10.9 Å². The second-order valence-electron chi connectivity index (χ2n) is 9.74. The number of fused-ring (bicyclic) bond motifs is 1. The monoisotopic (exact) mass is 535 g/mol. The second kappa shape index (κ2) is 10.1. The zero-order valence-corrected chi connectivity index (χ0v) is 22.2. The van der Waals surface area contributed by atoms with E-state index in [-0.39, 0.29) is 28.7 Å². The molecule has 2 N–H and O–H groups in total. The van der Waals surface area contributed by atoms with Crippen LogP contribution < -0.4 is 10.5 Å². The molecule has 0 saturated carbocycles. The number of benzene rings is 2. The van der Waals surface area contributed by atoms with E-state index >= 15 is 0 Å². The number of nitrogens with zero attached hydrogens (tertiary/aromatic N) is 5. The lowest BCUT2D eigenvalue weighted by Gasteiger charge is -2.37. The number of ketones is 1. The summed E-state index contributed by atoms with van der Waals surface area (Å²) in [6.07, 6.45) is 2.74. The minimum absolute atomic E-state index is 0.0506. The Balaban J connectivity index is 1.58. The van der Waals surface area contributed by atoms with Crippen molar-refractivity contribution in [1.29, 1.82) is 0 Å². The van der Waals surface area contributed by atoms with Crippen LogP contribution in [0.15, 0.2) is 52.2 Å². The van der Waals surface area contributed by atoms with Crippen LogP contribution in [0.5, 0.6) is 0 Å². The van der Waals surface area contributed by atoms with E-state index in [1.807, 2.05) is 13.0 Å². The number of hydrogen-bond acceptors (Lipinski definition) is 8. The quantitative estimate of drug-likeness (QED) is 0.344. The average Bonchev–Trinajstić information content (AvgIpc) is 3.43. The predicted octanol–water partition coefficient (Wildman–Crippen LogP) is 2.76. The van der Waals surface area contributed by atoms with Gasteiger partial charge in [-0.3, -0.25) is 9.59 Å². The molecule has 0 radical (unpaired) electrons. The van der Waals surface area contributed by atoms with Crippen LogP contribution in [0.2, 0.25) is 0 Å². The maximum Gasteiger partial charge on any atom is 0.248 e. The number of anilines is 1. The number of tetrazole rings is 1. The smallest absolute Gasteiger partial charge is 0.248 e. The molecular weight excluding hydrogens is 506 g/mol. The molecule has 2 aromatic carbocycles. The highest BCUT2D eigenvalue weighted by atomic mass is 32.2. The summed E-state index contributed by atoms with van der Waals surface area (Å²) < 4.78 is 27.0. The number of aromatic amines is 2. The van der Waals surface area contributed by atoms with Crippen molar-refractivity contribution in [3.63, 3.8) is 0 Å². The molecule has 0 aliphatic carbocycles. The number of aryl methyl sites for hydroxylation is 1. The molecule has 1 unspecified atom stereocenters. The number of rotatable bonds is 7. The van der Waals surface area contributed by atoms with Crippen LogP contribution in [0.1, 0.15) is 52.6 Å². The van der Waals surface area contributed by atoms with Gasteiger partial charge in [-0.25, -0.2) is 12.7 Å². The number of nitrogens with one attached hydrogen (secondary N) is 2. The lowest BCUT2D eigenvalue weighted by molar-refractivity contribution is 0.0993. The Labute approximate surface area is 219 Å². The summed E-state index contributed by atoms with van der Waals surface area (Å²) in [6.45, 7) is 2.52. The molecule has 11 nitrogen and oxygen atoms in total. The maximum atomic E-state index is 13.9. The molecule has 0 bridgehead atoms. The number of hydrogen-bond donors (Lipinski definition) is 2. The molecule has 1 aliphatic heterocycles. The Kier molecular flexibility index (Phi) is 6.84. The molecule has 3 heterocycles. The van der Waals surface area contributed by atoms with Crippen molar-refractivity contribution in [2.24, 2.45) is 0 Å². The zero-order valence-electron chi connectivity index (χ0n) is 21.4. The molecule has 0 spiro atoms. The largest absolute Gasteiger partial charge is 0.361 e. The fraction of sp³-hybridized carbons (Fsp3) is 0.346. The zero-order chi connectivity index (χ0) is 27.0. The van der Waals surface area contributed by atoms with Crippen LogP contribution in [0.3, 0.4) is 0 Å². The molecule has 38 heavy (non-hydrogen) atoms. The highest BCUT2D eigenvalue weighted by molar-refractivity contribution is 7.89. The molecule has 1 fully saturated rings. The van der Waals surface area contributed by atoms with Crippen molar-refractivity contribution < 1.29 is 13.2 Å². The van der Waals surface area contributed by atoms with Crippen LogP contribution in [0, 0.1) is 6.92 Å². The lowest BCUT2D eigenvalue weighted by atomic mass is 9.95. The van der Waals surface area contributed by atoms with Gasteiger partial charge in [-0.1, -0.05) is 11.3 Å². The fourth-order valence-corrected chi connectivity index (χ4v) is 5.95. The van der Waals surface area contributed by atoms with E-state index < -0.39 is 10.0 Å². The molecule has 12 heteroatoms. The third kappa shape index (κ3) is 4.84. The van der Waals surface area contributed by atoms with E-state index in [0.29, 0.717) is 29.1 Å². The van der Waals surface area contributed by atoms with E-state index in [1.165, 1.54) is 26.2 Å². The number of aromatic nitrogens is 5. The number of sulfonamides is 1. The summed E-state index contributed by atoms with van der Waals surface area (Å²) in [6, 6.07) is 11.5. The molecule has 198 valence electrons. The minimum atomic E-state index is -3.76. The first-order valence-electron chi connectivity index (χ1n) is 12.4. The van der Waals surface area contributed by atoms with Gasteiger partial charge in [-0.15, -0.1) is 10.2 Å². The first-order chi connectivity index (χ1) is 18.1. The second-order valence-corrected chi connectivity index (χ2v) is 11.9. The third-order valence-electron chi connectivity index (χ3n) is 7.00. The normalized spacial score (nSPS) is 16.3. The van der Waals surface area contributed by atoms with Gasteiger partial charge in [0.1, 0.15) is 0 Å². The number of carbonyl (C=O) groups is 1. The highest BCUT2D eigenvalue weighted by Gasteiger charge is 2.31. The SMILES string of the molecule is Cc1cc(=O)[nH]c2ccc(CC(=O)c3cc(S(=O)(=O)N(C)C)ccc3N3CCCCC3c3nn[nH]n3)cc12. The van der Waals surface area contributed by atoms with Gasteiger partial charge in [0.25, 0.3) is 0 Å². The molecule has 0 amide bonds. The van der Waals surface area contributed by atoms with Gasteiger partial charge < -0.3 is 9.88 Å². The first-order valence-corrected chi connectivity index (χ1v) is 13.8. The summed E-state index contributed by atoms with van der Waals surface area (Å²) >= 11 is 0. The van der Waals surface area contributed by atoms with E-state index in [9.17, 15) is 18.0 Å². The van der Waals surface area contributed by atoms with Gasteiger partial charge in [-0.05, 0) is 67.6 Å². The van der Waals surface area contributed by atoms with Crippen molar-refractivity contribution in [3.05, 3.63) is 75.3 Å².